The second-order valence-corrected chi connectivity index (χ2v) is 4.27. The SMILES string of the molecule is O=S(=O)(O)c1ccc(Br)cc1.[H-].[H-].[Mg+2]. The number of halogens is 1. The first-order valence-electron chi connectivity index (χ1n) is 2.73. The van der Waals surface area contributed by atoms with Crippen molar-refractivity contribution >= 4 is 49.1 Å². The molecule has 1 aromatic carbocycles. The first-order valence-corrected chi connectivity index (χ1v) is 4.96. The number of hydrogen-bond acceptors (Lipinski definition) is 2. The second-order valence-electron chi connectivity index (χ2n) is 1.93. The predicted molar refractivity (Wildman–Crippen MR) is 51.9 cm³/mol. The van der Waals surface area contributed by atoms with Gasteiger partial charge in [-0.1, -0.05) is 15.9 Å². The minimum absolute atomic E-state index is 0. The Balaban J connectivity index is -0.000000403. The molecule has 1 N–H and O–H groups in total. The maximum atomic E-state index is 10.5. The van der Waals surface area contributed by atoms with E-state index in [-0.39, 0.29) is 30.8 Å². The zero-order valence-electron chi connectivity index (χ0n) is 8.07. The number of rotatable bonds is 1. The minimum atomic E-state index is -4.04. The van der Waals surface area contributed by atoms with Crippen molar-refractivity contribution < 1.29 is 15.8 Å². The van der Waals surface area contributed by atoms with Gasteiger partial charge < -0.3 is 2.85 Å². The maximum absolute atomic E-state index is 10.5. The summed E-state index contributed by atoms with van der Waals surface area (Å²) in [5, 5.41) is 0. The van der Waals surface area contributed by atoms with Gasteiger partial charge in [0.05, 0.1) is 4.90 Å². The molecule has 0 fully saturated rings. The van der Waals surface area contributed by atoms with Crippen LogP contribution in [0.25, 0.3) is 0 Å². The van der Waals surface area contributed by atoms with E-state index in [0.29, 0.717) is 0 Å². The monoisotopic (exact) mass is 262 g/mol. The summed E-state index contributed by atoms with van der Waals surface area (Å²) in [6.45, 7) is 0. The Morgan fingerprint density at radius 1 is 1.25 bits per heavy atom. The summed E-state index contributed by atoms with van der Waals surface area (Å²) in [5.74, 6) is 0. The molecule has 1 rings (SSSR count). The first-order chi connectivity index (χ1) is 5.00. The van der Waals surface area contributed by atoms with Crippen molar-refractivity contribution in [2.75, 3.05) is 0 Å². The van der Waals surface area contributed by atoms with Crippen molar-refractivity contribution in [2.24, 2.45) is 0 Å². The molecule has 0 bridgehead atoms. The van der Waals surface area contributed by atoms with E-state index in [4.69, 9.17) is 4.55 Å². The molecule has 0 aromatic heterocycles. The van der Waals surface area contributed by atoms with Crippen LogP contribution in [0.4, 0.5) is 0 Å². The molecule has 1 aromatic rings. The summed E-state index contributed by atoms with van der Waals surface area (Å²) in [7, 11) is -4.04. The van der Waals surface area contributed by atoms with Crippen molar-refractivity contribution in [1.82, 2.24) is 0 Å². The Hall–Kier alpha value is 0.376. The zero-order valence-corrected chi connectivity index (χ0v) is 9.88. The summed E-state index contributed by atoms with van der Waals surface area (Å²) >= 11 is 3.14. The molecule has 0 radical (unpaired) electrons. The fourth-order valence-corrected chi connectivity index (χ4v) is 1.35. The third-order valence-electron chi connectivity index (χ3n) is 1.11. The van der Waals surface area contributed by atoms with Crippen molar-refractivity contribution in [3.63, 3.8) is 0 Å². The standard InChI is InChI=1S/C6H5BrO3S.Mg.2H/c7-5-1-3-6(4-2-5)11(8,9)10;;;/h1-4H,(H,8,9,10);;;/q;+2;2*-1. The van der Waals surface area contributed by atoms with Gasteiger partial charge in [0, 0.05) is 4.47 Å². The van der Waals surface area contributed by atoms with Crippen LogP contribution in [0.3, 0.4) is 0 Å². The molecule has 0 aliphatic rings. The van der Waals surface area contributed by atoms with Gasteiger partial charge in [-0.2, -0.15) is 8.42 Å². The van der Waals surface area contributed by atoms with Gasteiger partial charge >= 0.3 is 23.1 Å². The van der Waals surface area contributed by atoms with Crippen LogP contribution in [0.5, 0.6) is 0 Å². The van der Waals surface area contributed by atoms with Crippen LogP contribution in [0.15, 0.2) is 33.6 Å². The van der Waals surface area contributed by atoms with Gasteiger partial charge in [0.25, 0.3) is 10.1 Å². The van der Waals surface area contributed by atoms with Gasteiger partial charge in [-0.15, -0.1) is 0 Å². The fourth-order valence-electron chi connectivity index (χ4n) is 0.607. The normalized spacial score (nSPS) is 10.5. The molecule has 6 heteroatoms. The molecule has 0 spiro atoms. The van der Waals surface area contributed by atoms with Gasteiger partial charge in [-0.25, -0.2) is 0 Å². The second kappa shape index (κ2) is 4.57. The third kappa shape index (κ3) is 3.40. The summed E-state index contributed by atoms with van der Waals surface area (Å²) < 4.78 is 30.3. The number of benzene rings is 1. The van der Waals surface area contributed by atoms with Gasteiger partial charge in [-0.05, 0) is 24.3 Å². The predicted octanol–water partition coefficient (Wildman–Crippen LogP) is 1.54. The fraction of sp³-hybridized carbons (Fsp3) is 0. The maximum Gasteiger partial charge on any atom is 2.00 e. The molecule has 0 saturated carbocycles. The van der Waals surface area contributed by atoms with Crippen LogP contribution >= 0.6 is 15.9 Å². The topological polar surface area (TPSA) is 54.4 Å². The zero-order chi connectivity index (χ0) is 8.48. The van der Waals surface area contributed by atoms with Gasteiger partial charge in [0.15, 0.2) is 0 Å². The Morgan fingerprint density at radius 3 is 2.00 bits per heavy atom. The van der Waals surface area contributed by atoms with Crippen LogP contribution in [-0.2, 0) is 10.1 Å². The average Bonchev–Trinajstić information content (AvgIpc) is 1.86. The van der Waals surface area contributed by atoms with E-state index in [1.54, 1.807) is 12.1 Å². The van der Waals surface area contributed by atoms with E-state index in [1.165, 1.54) is 12.1 Å². The Morgan fingerprint density at radius 2 is 1.67 bits per heavy atom. The Kier molecular flexibility index (Phi) is 4.71. The van der Waals surface area contributed by atoms with E-state index in [0.717, 1.165) is 4.47 Å². The molecule has 0 saturated heterocycles. The molecule has 0 aliphatic carbocycles. The minimum Gasteiger partial charge on any atom is -1.00 e. The molecule has 12 heavy (non-hydrogen) atoms. The first kappa shape index (κ1) is 12.4. The van der Waals surface area contributed by atoms with Crippen LogP contribution < -0.4 is 0 Å². The van der Waals surface area contributed by atoms with Gasteiger partial charge in [-0.3, -0.25) is 4.55 Å². The molecule has 0 heterocycles. The van der Waals surface area contributed by atoms with E-state index in [2.05, 4.69) is 15.9 Å². The summed E-state index contributed by atoms with van der Waals surface area (Å²) in [4.78, 5) is -0.0966. The smallest absolute Gasteiger partial charge is 1.00 e. The van der Waals surface area contributed by atoms with E-state index < -0.39 is 10.1 Å². The van der Waals surface area contributed by atoms with Gasteiger partial charge in [0.1, 0.15) is 0 Å². The molecule has 0 amide bonds. The third-order valence-corrected chi connectivity index (χ3v) is 2.51. The van der Waals surface area contributed by atoms with Crippen molar-refractivity contribution in [3.05, 3.63) is 28.7 Å². The quantitative estimate of drug-likeness (QED) is 0.617. The summed E-state index contributed by atoms with van der Waals surface area (Å²) in [6.07, 6.45) is 0. The van der Waals surface area contributed by atoms with Crippen molar-refractivity contribution in [3.8, 4) is 0 Å². The molecular formula is C6H7BrMgO3S. The van der Waals surface area contributed by atoms with Crippen LogP contribution in [0.2, 0.25) is 0 Å². The van der Waals surface area contributed by atoms with E-state index in [1.807, 2.05) is 0 Å². The molecule has 3 nitrogen and oxygen atoms in total. The largest absolute Gasteiger partial charge is 2.00 e. The molecular weight excluding hydrogens is 256 g/mol. The summed E-state index contributed by atoms with van der Waals surface area (Å²) in [6, 6.07) is 5.73. The van der Waals surface area contributed by atoms with Crippen LogP contribution in [-0.4, -0.2) is 36.0 Å². The summed E-state index contributed by atoms with van der Waals surface area (Å²) in [5.41, 5.74) is 0. The van der Waals surface area contributed by atoms with E-state index >= 15 is 0 Å². The van der Waals surface area contributed by atoms with Crippen molar-refractivity contribution in [2.45, 2.75) is 4.90 Å². The molecule has 0 atom stereocenters. The van der Waals surface area contributed by atoms with Crippen molar-refractivity contribution in [1.29, 1.82) is 0 Å². The molecule has 64 valence electrons. The molecule has 0 aliphatic heterocycles. The number of hydrogen-bond donors (Lipinski definition) is 1. The Labute approximate surface area is 98.2 Å². The molecule has 0 unspecified atom stereocenters. The average molecular weight is 263 g/mol. The van der Waals surface area contributed by atoms with E-state index in [9.17, 15) is 8.42 Å². The van der Waals surface area contributed by atoms with Gasteiger partial charge in [0.2, 0.25) is 0 Å². The van der Waals surface area contributed by atoms with Crippen LogP contribution in [0, 0.1) is 0 Å². The van der Waals surface area contributed by atoms with Crippen LogP contribution in [0.1, 0.15) is 2.85 Å². The Bertz CT molecular complexity index is 354.